The first-order chi connectivity index (χ1) is 8.49. The topological polar surface area (TPSA) is 84.2 Å². The van der Waals surface area contributed by atoms with E-state index in [4.69, 9.17) is 0 Å². The molecule has 1 aliphatic carbocycles. The van der Waals surface area contributed by atoms with Crippen molar-refractivity contribution < 1.29 is 13.5 Å². The Balaban J connectivity index is 2.08. The van der Waals surface area contributed by atoms with Gasteiger partial charge in [-0.3, -0.25) is 4.68 Å². The largest absolute Gasteiger partial charge is 0.396 e. The molecule has 2 rings (SSSR count). The van der Waals surface area contributed by atoms with Gasteiger partial charge in [0.2, 0.25) is 0 Å². The van der Waals surface area contributed by atoms with Crippen LogP contribution in [0.1, 0.15) is 25.7 Å². The second kappa shape index (κ2) is 4.99. The van der Waals surface area contributed by atoms with Gasteiger partial charge in [-0.25, -0.2) is 13.1 Å². The molecule has 0 bridgehead atoms. The zero-order valence-corrected chi connectivity index (χ0v) is 11.3. The van der Waals surface area contributed by atoms with E-state index >= 15 is 0 Å². The normalized spacial score (nSPS) is 19.2. The number of aromatic nitrogens is 2. The lowest BCUT2D eigenvalue weighted by atomic mass is 9.88. The summed E-state index contributed by atoms with van der Waals surface area (Å²) in [4.78, 5) is 0. The molecule has 1 aliphatic rings. The zero-order valence-electron chi connectivity index (χ0n) is 10.5. The molecule has 1 heterocycles. The number of hydrogen-bond acceptors (Lipinski definition) is 4. The molecule has 7 heteroatoms. The summed E-state index contributed by atoms with van der Waals surface area (Å²) in [5.74, 6) is 0. The maximum absolute atomic E-state index is 12.1. The summed E-state index contributed by atoms with van der Waals surface area (Å²) in [5, 5.41) is 13.4. The molecular formula is C11H19N3O3S. The molecule has 18 heavy (non-hydrogen) atoms. The summed E-state index contributed by atoms with van der Waals surface area (Å²) in [5.41, 5.74) is -0.286. The highest BCUT2D eigenvalue weighted by molar-refractivity contribution is 7.89. The van der Waals surface area contributed by atoms with Gasteiger partial charge in [-0.1, -0.05) is 12.8 Å². The van der Waals surface area contributed by atoms with Crippen LogP contribution < -0.4 is 4.72 Å². The van der Waals surface area contributed by atoms with Crippen molar-refractivity contribution in [3.05, 3.63) is 12.3 Å². The number of aryl methyl sites for hydroxylation is 1. The first-order valence-corrected chi connectivity index (χ1v) is 7.56. The fourth-order valence-electron chi connectivity index (χ4n) is 2.46. The van der Waals surface area contributed by atoms with Crippen molar-refractivity contribution in [1.29, 1.82) is 0 Å². The fraction of sp³-hybridized carbons (Fsp3) is 0.727. The molecule has 1 aromatic rings. The van der Waals surface area contributed by atoms with E-state index in [-0.39, 0.29) is 23.6 Å². The SMILES string of the molecule is Cn1nccc1S(=O)(=O)NCC1(CO)CCCC1. The lowest BCUT2D eigenvalue weighted by molar-refractivity contribution is 0.134. The molecule has 0 aromatic carbocycles. The lowest BCUT2D eigenvalue weighted by Gasteiger charge is -2.26. The number of aliphatic hydroxyl groups is 1. The maximum Gasteiger partial charge on any atom is 0.257 e. The van der Waals surface area contributed by atoms with E-state index in [1.165, 1.54) is 16.9 Å². The van der Waals surface area contributed by atoms with E-state index in [0.717, 1.165) is 25.7 Å². The third kappa shape index (κ3) is 2.57. The van der Waals surface area contributed by atoms with Crippen molar-refractivity contribution >= 4 is 10.0 Å². The Kier molecular flexibility index (Phi) is 3.74. The molecule has 0 unspecified atom stereocenters. The van der Waals surface area contributed by atoms with Gasteiger partial charge in [0.1, 0.15) is 0 Å². The molecule has 102 valence electrons. The van der Waals surface area contributed by atoms with Crippen molar-refractivity contribution in [3.63, 3.8) is 0 Å². The van der Waals surface area contributed by atoms with E-state index in [1.807, 2.05) is 0 Å². The standard InChI is InChI=1S/C11H19N3O3S/c1-14-10(4-7-12-14)18(16,17)13-8-11(9-15)5-2-3-6-11/h4,7,13,15H,2-3,5-6,8-9H2,1H3. The predicted molar refractivity (Wildman–Crippen MR) is 66.4 cm³/mol. The van der Waals surface area contributed by atoms with Crippen molar-refractivity contribution in [2.75, 3.05) is 13.2 Å². The van der Waals surface area contributed by atoms with Gasteiger partial charge in [0, 0.05) is 25.6 Å². The van der Waals surface area contributed by atoms with Crippen LogP contribution in [0.25, 0.3) is 0 Å². The van der Waals surface area contributed by atoms with Gasteiger partial charge in [-0.05, 0) is 18.9 Å². The third-order valence-corrected chi connectivity index (χ3v) is 5.16. The van der Waals surface area contributed by atoms with Gasteiger partial charge in [0.15, 0.2) is 5.03 Å². The molecule has 2 N–H and O–H groups in total. The summed E-state index contributed by atoms with van der Waals surface area (Å²) in [7, 11) is -1.95. The molecule has 0 radical (unpaired) electrons. The first-order valence-electron chi connectivity index (χ1n) is 6.08. The molecule has 1 fully saturated rings. The van der Waals surface area contributed by atoms with E-state index < -0.39 is 10.0 Å². The smallest absolute Gasteiger partial charge is 0.257 e. The fourth-order valence-corrected chi connectivity index (χ4v) is 3.74. The predicted octanol–water partition coefficient (Wildman–Crippen LogP) is 0.251. The second-order valence-electron chi connectivity index (χ2n) is 4.98. The van der Waals surface area contributed by atoms with Crippen LogP contribution in [0.5, 0.6) is 0 Å². The van der Waals surface area contributed by atoms with E-state index in [2.05, 4.69) is 9.82 Å². The number of rotatable bonds is 5. The van der Waals surface area contributed by atoms with Crippen LogP contribution in [0.2, 0.25) is 0 Å². The van der Waals surface area contributed by atoms with Crippen LogP contribution in [-0.2, 0) is 17.1 Å². The third-order valence-electron chi connectivity index (χ3n) is 3.69. The molecule has 0 atom stereocenters. The Hall–Kier alpha value is -0.920. The van der Waals surface area contributed by atoms with E-state index in [1.54, 1.807) is 7.05 Å². The summed E-state index contributed by atoms with van der Waals surface area (Å²) in [6.07, 6.45) is 5.29. The summed E-state index contributed by atoms with van der Waals surface area (Å²) in [6.45, 7) is 0.317. The second-order valence-corrected chi connectivity index (χ2v) is 6.70. The highest BCUT2D eigenvalue weighted by Crippen LogP contribution is 2.37. The molecule has 6 nitrogen and oxygen atoms in total. The Morgan fingerprint density at radius 2 is 2.17 bits per heavy atom. The number of nitrogens with one attached hydrogen (secondary N) is 1. The van der Waals surface area contributed by atoms with Crippen molar-refractivity contribution in [3.8, 4) is 0 Å². The Morgan fingerprint density at radius 1 is 1.50 bits per heavy atom. The monoisotopic (exact) mass is 273 g/mol. The van der Waals surface area contributed by atoms with Gasteiger partial charge >= 0.3 is 0 Å². The molecule has 0 spiro atoms. The van der Waals surface area contributed by atoms with Gasteiger partial charge in [0.25, 0.3) is 10.0 Å². The quantitative estimate of drug-likeness (QED) is 0.805. The van der Waals surface area contributed by atoms with Gasteiger partial charge in [-0.2, -0.15) is 5.10 Å². The van der Waals surface area contributed by atoms with E-state index in [0.29, 0.717) is 0 Å². The zero-order chi connectivity index (χ0) is 13.2. The summed E-state index contributed by atoms with van der Waals surface area (Å²) >= 11 is 0. The summed E-state index contributed by atoms with van der Waals surface area (Å²) < 4.78 is 28.1. The number of hydrogen-bond donors (Lipinski definition) is 2. The summed E-state index contributed by atoms with van der Waals surface area (Å²) in [6, 6.07) is 1.46. The molecule has 1 saturated carbocycles. The van der Waals surface area contributed by atoms with Crippen LogP contribution in [0.3, 0.4) is 0 Å². The minimum atomic E-state index is -3.54. The van der Waals surface area contributed by atoms with Crippen LogP contribution in [-0.4, -0.2) is 36.5 Å². The highest BCUT2D eigenvalue weighted by Gasteiger charge is 2.34. The molecule has 1 aromatic heterocycles. The Labute approximate surface area is 107 Å². The number of aliphatic hydroxyl groups excluding tert-OH is 1. The van der Waals surface area contributed by atoms with Crippen molar-refractivity contribution in [1.82, 2.24) is 14.5 Å². The minimum Gasteiger partial charge on any atom is -0.396 e. The van der Waals surface area contributed by atoms with Crippen LogP contribution in [0.15, 0.2) is 17.3 Å². The molecule has 0 aliphatic heterocycles. The average molecular weight is 273 g/mol. The lowest BCUT2D eigenvalue weighted by Crippen LogP contribution is -2.38. The van der Waals surface area contributed by atoms with Gasteiger partial charge < -0.3 is 5.11 Å². The molecule has 0 amide bonds. The van der Waals surface area contributed by atoms with Crippen molar-refractivity contribution in [2.24, 2.45) is 12.5 Å². The van der Waals surface area contributed by atoms with E-state index in [9.17, 15) is 13.5 Å². The first kappa shape index (κ1) is 13.5. The number of nitrogens with zero attached hydrogens (tertiary/aromatic N) is 2. The highest BCUT2D eigenvalue weighted by atomic mass is 32.2. The van der Waals surface area contributed by atoms with Crippen LogP contribution in [0, 0.1) is 5.41 Å². The molecular weight excluding hydrogens is 254 g/mol. The Morgan fingerprint density at radius 3 is 2.67 bits per heavy atom. The van der Waals surface area contributed by atoms with Crippen molar-refractivity contribution in [2.45, 2.75) is 30.7 Å². The Bertz CT molecular complexity index is 503. The van der Waals surface area contributed by atoms with Crippen LogP contribution >= 0.6 is 0 Å². The van der Waals surface area contributed by atoms with Gasteiger partial charge in [0.05, 0.1) is 6.20 Å². The van der Waals surface area contributed by atoms with Gasteiger partial charge in [-0.15, -0.1) is 0 Å². The number of sulfonamides is 1. The maximum atomic E-state index is 12.1. The minimum absolute atomic E-state index is 0.0287. The molecule has 0 saturated heterocycles. The van der Waals surface area contributed by atoms with Crippen LogP contribution in [0.4, 0.5) is 0 Å². The average Bonchev–Trinajstić information content (AvgIpc) is 2.96.